The molecule has 316 valence electrons. The van der Waals surface area contributed by atoms with Crippen molar-refractivity contribution < 1.29 is 19.4 Å². The second-order valence-corrected chi connectivity index (χ2v) is 17.2. The fourth-order valence-corrected chi connectivity index (χ4v) is 8.10. The summed E-state index contributed by atoms with van der Waals surface area (Å²) in [6.45, 7) is 12.4. The van der Waals surface area contributed by atoms with Crippen LogP contribution in [0.3, 0.4) is 0 Å². The summed E-state index contributed by atoms with van der Waals surface area (Å²) in [5.74, 6) is 0.882. The van der Waals surface area contributed by atoms with E-state index in [4.69, 9.17) is 9.47 Å². The van der Waals surface area contributed by atoms with Gasteiger partial charge in [-0.1, -0.05) is 168 Å². The lowest BCUT2D eigenvalue weighted by Gasteiger charge is -2.23. The Morgan fingerprint density at radius 2 is 0.962 bits per heavy atom. The highest BCUT2D eigenvalue weighted by Crippen LogP contribution is 2.37. The number of hydrogen-bond donors (Lipinski definition) is 1. The number of hydrogen-bond acceptors (Lipinski definition) is 5. The maximum Gasteiger partial charge on any atom is 0.306 e. The number of carbonyl (C=O) groups is 1. The van der Waals surface area contributed by atoms with Gasteiger partial charge in [0.05, 0.1) is 18.8 Å². The summed E-state index contributed by atoms with van der Waals surface area (Å²) in [5, 5.41) is 9.63. The van der Waals surface area contributed by atoms with Crippen LogP contribution in [0.25, 0.3) is 0 Å². The van der Waals surface area contributed by atoms with Crippen LogP contribution in [-0.4, -0.2) is 60.5 Å². The first kappa shape index (κ1) is 50.4. The number of aliphatic hydroxyl groups excluding tert-OH is 1. The maximum absolute atomic E-state index is 12.7. The molecule has 0 aromatic carbocycles. The van der Waals surface area contributed by atoms with Crippen molar-refractivity contribution in [3.05, 3.63) is 0 Å². The Morgan fingerprint density at radius 3 is 1.43 bits per heavy atom. The summed E-state index contributed by atoms with van der Waals surface area (Å²) >= 11 is 0. The number of ether oxygens (including phenoxy) is 2. The molecule has 0 saturated heterocycles. The molecule has 5 heteroatoms. The summed E-state index contributed by atoms with van der Waals surface area (Å²) in [7, 11) is 0. The second kappa shape index (κ2) is 38.2. The fourth-order valence-electron chi connectivity index (χ4n) is 8.10. The highest BCUT2D eigenvalue weighted by Gasteiger charge is 2.32. The number of unbranched alkanes of at least 4 members (excludes halogenated alkanes) is 23. The quantitative estimate of drug-likeness (QED) is 0.0497. The monoisotopic (exact) mass is 750 g/mol. The first-order valence-corrected chi connectivity index (χ1v) is 24.2. The molecule has 0 aliphatic heterocycles. The van der Waals surface area contributed by atoms with Crippen LogP contribution in [0.4, 0.5) is 0 Å². The van der Waals surface area contributed by atoms with Gasteiger partial charge >= 0.3 is 5.97 Å². The van der Waals surface area contributed by atoms with Gasteiger partial charge in [-0.3, -0.25) is 4.79 Å². The van der Waals surface area contributed by atoms with Crippen LogP contribution in [0, 0.1) is 5.92 Å². The molecule has 0 aromatic heterocycles. The summed E-state index contributed by atoms with van der Waals surface area (Å²) in [4.78, 5) is 15.2. The Labute approximate surface area is 332 Å². The predicted octanol–water partition coefficient (Wildman–Crippen LogP) is 14.3. The number of rotatable bonds is 43. The van der Waals surface area contributed by atoms with Crippen LogP contribution < -0.4 is 0 Å². The van der Waals surface area contributed by atoms with E-state index in [-0.39, 0.29) is 18.7 Å². The van der Waals surface area contributed by atoms with Gasteiger partial charge in [-0.15, -0.1) is 0 Å². The largest absolute Gasteiger partial charge is 0.462 e. The molecule has 0 radical (unpaired) electrons. The normalized spacial score (nSPS) is 14.4. The minimum Gasteiger partial charge on any atom is -0.462 e. The Kier molecular flexibility index (Phi) is 36.3. The maximum atomic E-state index is 12.7. The predicted molar refractivity (Wildman–Crippen MR) is 230 cm³/mol. The van der Waals surface area contributed by atoms with Gasteiger partial charge in [-0.25, -0.2) is 0 Å². The molecule has 53 heavy (non-hydrogen) atoms. The molecule has 0 heterocycles. The second-order valence-electron chi connectivity index (χ2n) is 17.2. The minimum atomic E-state index is 0.0324. The van der Waals surface area contributed by atoms with E-state index in [0.717, 1.165) is 51.2 Å². The lowest BCUT2D eigenvalue weighted by molar-refractivity contribution is -0.150. The van der Waals surface area contributed by atoms with E-state index in [2.05, 4.69) is 32.6 Å². The van der Waals surface area contributed by atoms with Crippen LogP contribution in [0.15, 0.2) is 0 Å². The van der Waals surface area contributed by atoms with Gasteiger partial charge in [0.2, 0.25) is 0 Å². The molecule has 1 fully saturated rings. The molecule has 1 aliphatic carbocycles. The van der Waals surface area contributed by atoms with Crippen molar-refractivity contribution in [1.82, 2.24) is 4.90 Å². The van der Waals surface area contributed by atoms with Gasteiger partial charge < -0.3 is 19.5 Å². The third-order valence-corrected chi connectivity index (χ3v) is 11.8. The van der Waals surface area contributed by atoms with E-state index in [1.54, 1.807) is 0 Å². The van der Waals surface area contributed by atoms with E-state index in [0.29, 0.717) is 18.6 Å². The van der Waals surface area contributed by atoms with Crippen LogP contribution in [0.2, 0.25) is 0 Å². The van der Waals surface area contributed by atoms with Gasteiger partial charge in [-0.05, 0) is 96.6 Å². The Balaban J connectivity index is 2.12. The average molecular weight is 750 g/mol. The molecule has 2 unspecified atom stereocenters. The molecule has 1 aliphatic rings. The van der Waals surface area contributed by atoms with Crippen LogP contribution in [-0.2, 0) is 14.3 Å². The van der Waals surface area contributed by atoms with Crippen molar-refractivity contribution in [1.29, 1.82) is 0 Å². The van der Waals surface area contributed by atoms with Gasteiger partial charge in [0.15, 0.2) is 0 Å². The first-order valence-electron chi connectivity index (χ1n) is 24.2. The molecule has 0 bridgehead atoms. The molecule has 5 nitrogen and oxygen atoms in total. The third kappa shape index (κ3) is 33.2. The zero-order chi connectivity index (χ0) is 38.5. The molecule has 2 atom stereocenters. The summed E-state index contributed by atoms with van der Waals surface area (Å²) in [6, 6.07) is 0. The lowest BCUT2D eigenvalue weighted by Crippen LogP contribution is -2.29. The van der Waals surface area contributed by atoms with Crippen molar-refractivity contribution in [3.63, 3.8) is 0 Å². The van der Waals surface area contributed by atoms with Gasteiger partial charge in [-0.2, -0.15) is 0 Å². The molecular formula is C48H95NO4. The lowest BCUT2D eigenvalue weighted by atomic mass is 10.0. The fraction of sp³-hybridized carbons (Fsp3) is 0.979. The van der Waals surface area contributed by atoms with Gasteiger partial charge in [0.1, 0.15) is 6.10 Å². The molecule has 1 saturated carbocycles. The van der Waals surface area contributed by atoms with E-state index in [9.17, 15) is 9.90 Å². The van der Waals surface area contributed by atoms with E-state index < -0.39 is 0 Å². The SMILES string of the molecule is CCCCCCCCC(CCCCCCCC)OC(=O)CCCCCCCN(CCO)CCCCCCCC(C)OC(CCCCCCCC)C1CC1. The Bertz CT molecular complexity index is 742. The van der Waals surface area contributed by atoms with Gasteiger partial charge in [0, 0.05) is 13.0 Å². The summed E-state index contributed by atoms with van der Waals surface area (Å²) in [5.41, 5.74) is 0. The van der Waals surface area contributed by atoms with Crippen LogP contribution >= 0.6 is 0 Å². The minimum absolute atomic E-state index is 0.0324. The standard InChI is InChI=1S/C48H95NO4/c1-5-8-11-14-20-27-34-46(35-28-21-15-12-9-6-2)53-48(51)37-30-23-18-25-32-41-49(42-43-50)40-31-24-17-19-26-33-44(4)52-47(45-38-39-45)36-29-22-16-13-10-7-3/h44-47,50H,5-43H2,1-4H3. The van der Waals surface area contributed by atoms with Crippen molar-refractivity contribution in [3.8, 4) is 0 Å². The Morgan fingerprint density at radius 1 is 0.547 bits per heavy atom. The van der Waals surface area contributed by atoms with Crippen molar-refractivity contribution >= 4 is 5.97 Å². The topological polar surface area (TPSA) is 59.0 Å². The zero-order valence-electron chi connectivity index (χ0n) is 36.5. The van der Waals surface area contributed by atoms with Crippen molar-refractivity contribution in [2.45, 2.75) is 271 Å². The molecular weight excluding hydrogens is 655 g/mol. The highest BCUT2D eigenvalue weighted by molar-refractivity contribution is 5.69. The molecule has 0 spiro atoms. The van der Waals surface area contributed by atoms with E-state index in [1.807, 2.05) is 0 Å². The molecule has 0 aromatic rings. The summed E-state index contributed by atoms with van der Waals surface area (Å²) in [6.07, 6.45) is 44.8. The van der Waals surface area contributed by atoms with Crippen LogP contribution in [0.5, 0.6) is 0 Å². The number of nitrogens with zero attached hydrogens (tertiary/aromatic N) is 1. The van der Waals surface area contributed by atoms with Crippen molar-refractivity contribution in [2.24, 2.45) is 5.92 Å². The Hall–Kier alpha value is -0.650. The number of esters is 1. The zero-order valence-corrected chi connectivity index (χ0v) is 36.5. The molecule has 0 amide bonds. The molecule has 1 rings (SSSR count). The van der Waals surface area contributed by atoms with Crippen LogP contribution in [0.1, 0.15) is 252 Å². The van der Waals surface area contributed by atoms with Gasteiger partial charge in [0.25, 0.3) is 0 Å². The highest BCUT2D eigenvalue weighted by atomic mass is 16.5. The number of aliphatic hydroxyl groups is 1. The third-order valence-electron chi connectivity index (χ3n) is 11.8. The van der Waals surface area contributed by atoms with Crippen molar-refractivity contribution in [2.75, 3.05) is 26.2 Å². The number of carbonyl (C=O) groups excluding carboxylic acids is 1. The smallest absolute Gasteiger partial charge is 0.306 e. The molecule has 1 N–H and O–H groups in total. The van der Waals surface area contributed by atoms with E-state index in [1.165, 1.54) is 193 Å². The first-order chi connectivity index (χ1) is 26.0. The summed E-state index contributed by atoms with van der Waals surface area (Å²) < 4.78 is 12.6. The van der Waals surface area contributed by atoms with E-state index >= 15 is 0 Å². The average Bonchev–Trinajstić information content (AvgIpc) is 4.00.